The van der Waals surface area contributed by atoms with Gasteiger partial charge in [0, 0.05) is 5.54 Å². The van der Waals surface area contributed by atoms with Crippen LogP contribution in [0.4, 0.5) is 0 Å². The molecule has 2 aliphatic rings. The van der Waals surface area contributed by atoms with Crippen LogP contribution < -0.4 is 5.32 Å². The van der Waals surface area contributed by atoms with Gasteiger partial charge in [-0.25, -0.2) is 0 Å². The zero-order valence-electron chi connectivity index (χ0n) is 10.7. The second kappa shape index (κ2) is 3.72. The van der Waals surface area contributed by atoms with Crippen LogP contribution in [-0.2, 0) is 9.59 Å². The van der Waals surface area contributed by atoms with Gasteiger partial charge in [-0.2, -0.15) is 0 Å². The van der Waals surface area contributed by atoms with Crippen LogP contribution in [0.1, 0.15) is 46.5 Å². The first-order valence-corrected chi connectivity index (χ1v) is 6.33. The van der Waals surface area contributed by atoms with E-state index in [2.05, 4.69) is 12.2 Å². The van der Waals surface area contributed by atoms with Crippen molar-refractivity contribution in [2.75, 3.05) is 0 Å². The third-order valence-corrected chi connectivity index (χ3v) is 4.51. The van der Waals surface area contributed by atoms with E-state index in [1.165, 1.54) is 0 Å². The minimum atomic E-state index is -0.855. The van der Waals surface area contributed by atoms with Gasteiger partial charge in [0.15, 0.2) is 0 Å². The van der Waals surface area contributed by atoms with E-state index in [9.17, 15) is 9.59 Å². The van der Waals surface area contributed by atoms with E-state index in [0.717, 1.165) is 25.7 Å². The van der Waals surface area contributed by atoms with E-state index in [1.54, 1.807) is 0 Å². The molecule has 2 fully saturated rings. The summed E-state index contributed by atoms with van der Waals surface area (Å²) in [5.74, 6) is -1.82. The molecule has 4 heteroatoms. The summed E-state index contributed by atoms with van der Waals surface area (Å²) in [4.78, 5) is 23.2. The first-order chi connectivity index (χ1) is 7.78. The van der Waals surface area contributed by atoms with Gasteiger partial charge < -0.3 is 10.4 Å². The van der Waals surface area contributed by atoms with E-state index in [-0.39, 0.29) is 17.4 Å². The molecule has 0 radical (unpaired) electrons. The highest BCUT2D eigenvalue weighted by Gasteiger charge is 2.66. The topological polar surface area (TPSA) is 66.4 Å². The number of carboxylic acids is 1. The van der Waals surface area contributed by atoms with Crippen molar-refractivity contribution in [2.45, 2.75) is 52.0 Å². The lowest BCUT2D eigenvalue weighted by Crippen LogP contribution is -2.45. The zero-order chi connectivity index (χ0) is 12.8. The number of carbonyl (C=O) groups excluding carboxylic acids is 1. The Morgan fingerprint density at radius 2 is 1.65 bits per heavy atom. The summed E-state index contributed by atoms with van der Waals surface area (Å²) in [7, 11) is 0. The molecule has 2 rings (SSSR count). The van der Waals surface area contributed by atoms with Crippen molar-refractivity contribution < 1.29 is 14.7 Å². The van der Waals surface area contributed by atoms with Crippen LogP contribution in [0.3, 0.4) is 0 Å². The number of carboxylic acid groups (broad SMARTS) is 1. The molecule has 2 saturated carbocycles. The number of hydrogen-bond donors (Lipinski definition) is 2. The molecule has 0 saturated heterocycles. The van der Waals surface area contributed by atoms with Gasteiger partial charge in [-0.15, -0.1) is 0 Å². The molecule has 4 nitrogen and oxygen atoms in total. The lowest BCUT2D eigenvalue weighted by molar-refractivity contribution is -0.140. The molecule has 2 aliphatic carbocycles. The Morgan fingerprint density at radius 3 is 2.06 bits per heavy atom. The largest absolute Gasteiger partial charge is 0.481 e. The van der Waals surface area contributed by atoms with Gasteiger partial charge in [-0.3, -0.25) is 9.59 Å². The number of nitrogens with one attached hydrogen (secondary N) is 1. The smallest absolute Gasteiger partial charge is 0.307 e. The van der Waals surface area contributed by atoms with Crippen LogP contribution in [0.2, 0.25) is 0 Å². The number of carbonyl (C=O) groups is 2. The van der Waals surface area contributed by atoms with Crippen molar-refractivity contribution in [1.82, 2.24) is 5.32 Å². The highest BCUT2D eigenvalue weighted by Crippen LogP contribution is 2.58. The summed E-state index contributed by atoms with van der Waals surface area (Å²) in [5.41, 5.74) is -0.510. The van der Waals surface area contributed by atoms with Crippen molar-refractivity contribution in [3.8, 4) is 0 Å². The van der Waals surface area contributed by atoms with Crippen LogP contribution in [-0.4, -0.2) is 22.5 Å². The van der Waals surface area contributed by atoms with E-state index < -0.39 is 17.3 Å². The molecule has 0 aromatic heterocycles. The number of amides is 1. The van der Waals surface area contributed by atoms with Crippen molar-refractivity contribution in [3.63, 3.8) is 0 Å². The average Bonchev–Trinajstić information content (AvgIpc) is 2.53. The van der Waals surface area contributed by atoms with Crippen LogP contribution in [0, 0.1) is 17.3 Å². The fourth-order valence-electron chi connectivity index (χ4n) is 3.24. The maximum Gasteiger partial charge on any atom is 0.307 e. The Kier molecular flexibility index (Phi) is 2.71. The highest BCUT2D eigenvalue weighted by atomic mass is 16.4. The van der Waals surface area contributed by atoms with Gasteiger partial charge in [-0.1, -0.05) is 26.7 Å². The summed E-state index contributed by atoms with van der Waals surface area (Å²) in [6, 6.07) is 0. The summed E-state index contributed by atoms with van der Waals surface area (Å²) in [5, 5.41) is 12.1. The Labute approximate surface area is 102 Å². The molecule has 0 bridgehead atoms. The minimum Gasteiger partial charge on any atom is -0.481 e. The van der Waals surface area contributed by atoms with Crippen molar-refractivity contribution in [2.24, 2.45) is 17.3 Å². The fourth-order valence-corrected chi connectivity index (χ4v) is 3.24. The molecule has 0 aliphatic heterocycles. The predicted molar refractivity (Wildman–Crippen MR) is 63.4 cm³/mol. The molecule has 0 unspecified atom stereocenters. The Bertz CT molecular complexity index is 356. The number of aliphatic carboxylic acids is 1. The molecular weight excluding hydrogens is 218 g/mol. The monoisotopic (exact) mass is 239 g/mol. The summed E-state index contributed by atoms with van der Waals surface area (Å²) < 4.78 is 0. The molecule has 0 aromatic rings. The zero-order valence-corrected chi connectivity index (χ0v) is 10.7. The molecule has 0 heterocycles. The van der Waals surface area contributed by atoms with Gasteiger partial charge in [-0.05, 0) is 25.2 Å². The summed E-state index contributed by atoms with van der Waals surface area (Å²) in [6.07, 6.45) is 4.30. The van der Waals surface area contributed by atoms with Crippen LogP contribution in [0.15, 0.2) is 0 Å². The van der Waals surface area contributed by atoms with Gasteiger partial charge in [0.2, 0.25) is 5.91 Å². The Hall–Kier alpha value is -1.06. The molecule has 2 atom stereocenters. The first kappa shape index (κ1) is 12.4. The standard InChI is InChI=1S/C13H21NO3/c1-12(2)8(9(12)11(16)17)10(15)14-13(3)6-4-5-7-13/h8-9H,4-7H2,1-3H3,(H,14,15)(H,16,17)/t8-,9+/m1/s1. The van der Waals surface area contributed by atoms with E-state index in [0.29, 0.717) is 0 Å². The van der Waals surface area contributed by atoms with Gasteiger partial charge in [0.1, 0.15) is 0 Å². The summed E-state index contributed by atoms with van der Waals surface area (Å²) >= 11 is 0. The third kappa shape index (κ3) is 2.05. The van der Waals surface area contributed by atoms with Gasteiger partial charge in [0.05, 0.1) is 11.8 Å². The molecule has 2 N–H and O–H groups in total. The van der Waals surface area contributed by atoms with Gasteiger partial charge >= 0.3 is 5.97 Å². The number of rotatable bonds is 3. The highest BCUT2D eigenvalue weighted by molar-refractivity contribution is 5.92. The third-order valence-electron chi connectivity index (χ3n) is 4.51. The Balaban J connectivity index is 2.00. The van der Waals surface area contributed by atoms with E-state index in [1.807, 2.05) is 13.8 Å². The van der Waals surface area contributed by atoms with Gasteiger partial charge in [0.25, 0.3) is 0 Å². The lowest BCUT2D eigenvalue weighted by atomic mass is 10.00. The van der Waals surface area contributed by atoms with E-state index >= 15 is 0 Å². The first-order valence-electron chi connectivity index (χ1n) is 6.33. The van der Waals surface area contributed by atoms with Crippen LogP contribution in [0.25, 0.3) is 0 Å². The van der Waals surface area contributed by atoms with Crippen molar-refractivity contribution in [1.29, 1.82) is 0 Å². The average molecular weight is 239 g/mol. The Morgan fingerprint density at radius 1 is 1.12 bits per heavy atom. The van der Waals surface area contributed by atoms with Crippen LogP contribution in [0.5, 0.6) is 0 Å². The number of hydrogen-bond acceptors (Lipinski definition) is 2. The molecule has 1 amide bonds. The van der Waals surface area contributed by atoms with Crippen molar-refractivity contribution >= 4 is 11.9 Å². The SMILES string of the molecule is CC1(NC(=O)[C@H]2[C@@H](C(=O)O)C2(C)C)CCCC1. The fraction of sp³-hybridized carbons (Fsp3) is 0.846. The molecule has 17 heavy (non-hydrogen) atoms. The predicted octanol–water partition coefficient (Wildman–Crippen LogP) is 1.79. The summed E-state index contributed by atoms with van der Waals surface area (Å²) in [6.45, 7) is 5.77. The lowest BCUT2D eigenvalue weighted by Gasteiger charge is -2.25. The molecular formula is C13H21NO3. The second-order valence-corrected chi connectivity index (χ2v) is 6.37. The normalized spacial score (nSPS) is 33.1. The minimum absolute atomic E-state index is 0.0770. The maximum absolute atomic E-state index is 12.1. The van der Waals surface area contributed by atoms with Crippen molar-refractivity contribution in [3.05, 3.63) is 0 Å². The van der Waals surface area contributed by atoms with Crippen LogP contribution >= 0.6 is 0 Å². The molecule has 0 aromatic carbocycles. The maximum atomic E-state index is 12.1. The second-order valence-electron chi connectivity index (χ2n) is 6.37. The molecule has 0 spiro atoms. The molecule has 96 valence electrons. The van der Waals surface area contributed by atoms with E-state index in [4.69, 9.17) is 5.11 Å². The quantitative estimate of drug-likeness (QED) is 0.789.